The minimum atomic E-state index is -0.668. The van der Waals surface area contributed by atoms with Crippen molar-refractivity contribution in [3.8, 4) is 11.6 Å². The first-order chi connectivity index (χ1) is 15.1. The van der Waals surface area contributed by atoms with E-state index in [1.165, 1.54) is 36.6 Å². The van der Waals surface area contributed by atoms with Gasteiger partial charge in [0.2, 0.25) is 5.88 Å². The Kier molecular flexibility index (Phi) is 5.34. The molecule has 31 heavy (non-hydrogen) atoms. The Hall–Kier alpha value is -2.96. The number of rotatable bonds is 6. The lowest BCUT2D eigenvalue weighted by molar-refractivity contribution is -0.122. The predicted molar refractivity (Wildman–Crippen MR) is 112 cm³/mol. The lowest BCUT2D eigenvalue weighted by Crippen LogP contribution is -2.32. The third-order valence-electron chi connectivity index (χ3n) is 6.48. The van der Waals surface area contributed by atoms with Crippen molar-refractivity contribution < 1.29 is 23.5 Å². The van der Waals surface area contributed by atoms with Crippen LogP contribution in [0.25, 0.3) is 0 Å². The van der Waals surface area contributed by atoms with Crippen LogP contribution in [0.5, 0.6) is 11.6 Å². The zero-order valence-electron chi connectivity index (χ0n) is 17.3. The molecule has 1 aromatic heterocycles. The molecule has 0 spiro atoms. The Bertz CT molecular complexity index is 1000. The fraction of sp³-hybridized carbons (Fsp3) is 0.458. The summed E-state index contributed by atoms with van der Waals surface area (Å²) in [6, 6.07) is 6.48. The number of fused-ring (bicyclic) bond motifs is 1. The Morgan fingerprint density at radius 2 is 1.94 bits per heavy atom. The highest BCUT2D eigenvalue weighted by atomic mass is 19.1. The van der Waals surface area contributed by atoms with Gasteiger partial charge in [-0.15, -0.1) is 0 Å². The van der Waals surface area contributed by atoms with Gasteiger partial charge in [-0.3, -0.25) is 9.59 Å². The second-order valence-corrected chi connectivity index (χ2v) is 8.56. The van der Waals surface area contributed by atoms with E-state index in [-0.39, 0.29) is 11.7 Å². The number of amides is 1. The Morgan fingerprint density at radius 3 is 2.71 bits per heavy atom. The van der Waals surface area contributed by atoms with Crippen LogP contribution in [0.4, 0.5) is 10.1 Å². The maximum absolute atomic E-state index is 14.4. The fourth-order valence-electron chi connectivity index (χ4n) is 4.74. The second kappa shape index (κ2) is 8.29. The summed E-state index contributed by atoms with van der Waals surface area (Å²) in [5.41, 5.74) is 1.26. The van der Waals surface area contributed by atoms with Gasteiger partial charge >= 0.3 is 0 Å². The van der Waals surface area contributed by atoms with Crippen LogP contribution in [0.3, 0.4) is 0 Å². The summed E-state index contributed by atoms with van der Waals surface area (Å²) in [5.74, 6) is 0.913. The smallest absolute Gasteiger partial charge is 0.268 e. The SMILES string of the molecule is O=C1CCc2c(F)cc(N3CC[C@@H](Oc4ccc(OCC5CCCC5)nc4)C3=O)cc21. The molecular weight excluding hydrogens is 399 g/mol. The normalized spacial score (nSPS) is 21.1. The van der Waals surface area contributed by atoms with Crippen LogP contribution in [0, 0.1) is 11.7 Å². The minimum absolute atomic E-state index is 0.0727. The maximum atomic E-state index is 14.4. The van der Waals surface area contributed by atoms with E-state index in [4.69, 9.17) is 9.47 Å². The quantitative estimate of drug-likeness (QED) is 0.698. The third kappa shape index (κ3) is 4.01. The molecule has 2 heterocycles. The van der Waals surface area contributed by atoms with Crippen molar-refractivity contribution in [2.24, 2.45) is 5.92 Å². The Labute approximate surface area is 180 Å². The second-order valence-electron chi connectivity index (χ2n) is 8.56. The summed E-state index contributed by atoms with van der Waals surface area (Å²) >= 11 is 0. The van der Waals surface area contributed by atoms with Gasteiger partial charge in [0.1, 0.15) is 11.6 Å². The standard InChI is InChI=1S/C24H25FN2O4/c25-20-12-16(11-19-18(20)6-7-21(19)28)27-10-9-22(24(27)29)31-17-5-8-23(26-13-17)30-14-15-3-1-2-4-15/h5,8,11-13,15,22H,1-4,6-7,9-10,14H2/t22-/m1/s1. The van der Waals surface area contributed by atoms with Crippen LogP contribution < -0.4 is 14.4 Å². The lowest BCUT2D eigenvalue weighted by Gasteiger charge is -2.18. The summed E-state index contributed by atoms with van der Waals surface area (Å²) < 4.78 is 26.0. The van der Waals surface area contributed by atoms with Crippen LogP contribution >= 0.6 is 0 Å². The molecule has 0 unspecified atom stereocenters. The largest absolute Gasteiger partial charge is 0.479 e. The molecule has 2 fully saturated rings. The van der Waals surface area contributed by atoms with Crippen LogP contribution in [0.2, 0.25) is 0 Å². The predicted octanol–water partition coefficient (Wildman–Crippen LogP) is 4.10. The number of nitrogens with zero attached hydrogens (tertiary/aromatic N) is 2. The highest BCUT2D eigenvalue weighted by molar-refractivity contribution is 6.04. The molecule has 162 valence electrons. The molecule has 1 atom stereocenters. The summed E-state index contributed by atoms with van der Waals surface area (Å²) in [5, 5.41) is 0. The first kappa shape index (κ1) is 20.0. The molecule has 0 N–H and O–H groups in total. The van der Waals surface area contributed by atoms with E-state index in [0.717, 1.165) is 0 Å². The van der Waals surface area contributed by atoms with E-state index in [0.29, 0.717) is 66.8 Å². The first-order valence-corrected chi connectivity index (χ1v) is 11.0. The highest BCUT2D eigenvalue weighted by Gasteiger charge is 2.36. The number of hydrogen-bond acceptors (Lipinski definition) is 5. The zero-order chi connectivity index (χ0) is 21.4. The topological polar surface area (TPSA) is 68.7 Å². The van der Waals surface area contributed by atoms with Crippen molar-refractivity contribution in [1.29, 1.82) is 0 Å². The number of carbonyl (C=O) groups excluding carboxylic acids is 2. The van der Waals surface area contributed by atoms with E-state index in [2.05, 4.69) is 4.98 Å². The molecule has 1 saturated heterocycles. The molecule has 2 aliphatic carbocycles. The van der Waals surface area contributed by atoms with Crippen LogP contribution in [-0.2, 0) is 11.2 Å². The first-order valence-electron chi connectivity index (χ1n) is 11.0. The van der Waals surface area contributed by atoms with Gasteiger partial charge in [0.05, 0.1) is 12.8 Å². The monoisotopic (exact) mass is 424 g/mol. The number of benzene rings is 1. The van der Waals surface area contributed by atoms with Crippen molar-refractivity contribution >= 4 is 17.4 Å². The number of pyridine rings is 1. The number of Topliss-reactive ketones (excluding diaryl/α,β-unsaturated/α-hetero) is 1. The fourth-order valence-corrected chi connectivity index (χ4v) is 4.74. The molecule has 3 aliphatic rings. The molecule has 0 bridgehead atoms. The maximum Gasteiger partial charge on any atom is 0.268 e. The van der Waals surface area contributed by atoms with Crippen LogP contribution in [-0.4, -0.2) is 35.9 Å². The average molecular weight is 424 g/mol. The number of ketones is 1. The molecule has 0 radical (unpaired) electrons. The number of halogens is 1. The number of aromatic nitrogens is 1. The third-order valence-corrected chi connectivity index (χ3v) is 6.48. The van der Waals surface area contributed by atoms with E-state index in [1.807, 2.05) is 0 Å². The number of ether oxygens (including phenoxy) is 2. The molecule has 1 saturated carbocycles. The van der Waals surface area contributed by atoms with E-state index in [1.54, 1.807) is 24.4 Å². The van der Waals surface area contributed by atoms with Crippen molar-refractivity contribution in [2.45, 2.75) is 51.0 Å². The van der Waals surface area contributed by atoms with Crippen molar-refractivity contribution in [3.63, 3.8) is 0 Å². The Morgan fingerprint density at radius 1 is 1.10 bits per heavy atom. The molecule has 5 rings (SSSR count). The Balaban J connectivity index is 1.22. The van der Waals surface area contributed by atoms with Gasteiger partial charge in [0.15, 0.2) is 11.9 Å². The van der Waals surface area contributed by atoms with Gasteiger partial charge in [0, 0.05) is 36.7 Å². The summed E-state index contributed by atoms with van der Waals surface area (Å²) in [6.45, 7) is 1.09. The zero-order valence-corrected chi connectivity index (χ0v) is 17.3. The van der Waals surface area contributed by atoms with Gasteiger partial charge in [-0.05, 0) is 48.9 Å². The molecule has 1 aliphatic heterocycles. The molecule has 7 heteroatoms. The highest BCUT2D eigenvalue weighted by Crippen LogP contribution is 2.32. The number of hydrogen-bond donors (Lipinski definition) is 0. The summed E-state index contributed by atoms with van der Waals surface area (Å²) in [4.78, 5) is 30.7. The van der Waals surface area contributed by atoms with E-state index >= 15 is 0 Å². The van der Waals surface area contributed by atoms with E-state index in [9.17, 15) is 14.0 Å². The number of carbonyl (C=O) groups is 2. The molecule has 6 nitrogen and oxygen atoms in total. The van der Waals surface area contributed by atoms with Gasteiger partial charge in [-0.25, -0.2) is 9.37 Å². The minimum Gasteiger partial charge on any atom is -0.479 e. The average Bonchev–Trinajstić information content (AvgIpc) is 3.50. The van der Waals surface area contributed by atoms with Crippen LogP contribution in [0.1, 0.15) is 54.4 Å². The molecular formula is C24H25FN2O4. The van der Waals surface area contributed by atoms with E-state index < -0.39 is 11.9 Å². The molecule has 1 aromatic carbocycles. The molecule has 2 aromatic rings. The van der Waals surface area contributed by atoms with Gasteiger partial charge < -0.3 is 14.4 Å². The van der Waals surface area contributed by atoms with Gasteiger partial charge in [-0.1, -0.05) is 12.8 Å². The summed E-state index contributed by atoms with van der Waals surface area (Å²) in [7, 11) is 0. The number of anilines is 1. The lowest BCUT2D eigenvalue weighted by atomic mass is 10.1. The van der Waals surface area contributed by atoms with Crippen LogP contribution in [0.15, 0.2) is 30.5 Å². The van der Waals surface area contributed by atoms with Gasteiger partial charge in [-0.2, -0.15) is 0 Å². The van der Waals surface area contributed by atoms with Crippen molar-refractivity contribution in [2.75, 3.05) is 18.1 Å². The van der Waals surface area contributed by atoms with Crippen molar-refractivity contribution in [1.82, 2.24) is 4.98 Å². The van der Waals surface area contributed by atoms with Crippen molar-refractivity contribution in [3.05, 3.63) is 47.4 Å². The molecule has 1 amide bonds. The van der Waals surface area contributed by atoms with Gasteiger partial charge in [0.25, 0.3) is 5.91 Å². The summed E-state index contributed by atoms with van der Waals surface area (Å²) in [6.07, 6.45) is 7.09.